The summed E-state index contributed by atoms with van der Waals surface area (Å²) in [4.78, 5) is 12.3. The second-order valence-corrected chi connectivity index (χ2v) is 7.88. The third kappa shape index (κ3) is 4.52. The van der Waals surface area contributed by atoms with Crippen LogP contribution in [0.5, 0.6) is 5.88 Å². The van der Waals surface area contributed by atoms with Crippen molar-refractivity contribution in [2.75, 3.05) is 46.0 Å². The van der Waals surface area contributed by atoms with Crippen LogP contribution in [0.3, 0.4) is 0 Å². The molecule has 0 spiro atoms. The lowest BCUT2D eigenvalue weighted by Crippen LogP contribution is -2.38. The number of anilines is 2. The quantitative estimate of drug-likeness (QED) is 0.487. The van der Waals surface area contributed by atoms with Crippen molar-refractivity contribution in [3.05, 3.63) is 23.7 Å². The molecule has 0 aliphatic carbocycles. The van der Waals surface area contributed by atoms with Crippen LogP contribution in [0, 0.1) is 11.3 Å². The van der Waals surface area contributed by atoms with Crippen molar-refractivity contribution >= 4 is 22.7 Å². The van der Waals surface area contributed by atoms with Gasteiger partial charge in [-0.2, -0.15) is 10.2 Å². The number of rotatable bonds is 10. The first kappa shape index (κ1) is 22.0. The fraction of sp³-hybridized carbons (Fsp3) is 0.524. The van der Waals surface area contributed by atoms with E-state index in [1.54, 1.807) is 25.0 Å². The van der Waals surface area contributed by atoms with Crippen LogP contribution < -0.4 is 10.1 Å². The summed E-state index contributed by atoms with van der Waals surface area (Å²) in [5.41, 5.74) is 2.42. The Morgan fingerprint density at radius 3 is 2.72 bits per heavy atom. The lowest BCUT2D eigenvalue weighted by atomic mass is 10.1. The molecule has 0 amide bonds. The standard InChI is InChI=1S/C21H27N7O4/c1-12(8-29-3)18-16-5-14(6-22)23-19(16)26-21(25-18)24-17-7-28(13(2)9-30-4)27-20(17)32-15-10-31-11-15/h5,7,12-13,15H,8-11H2,1-4H3,(H2,23,24,25,26)/t12-,13?/m1/s1. The number of ether oxygens (including phenoxy) is 4. The van der Waals surface area contributed by atoms with Crippen molar-refractivity contribution < 1.29 is 18.9 Å². The van der Waals surface area contributed by atoms with Gasteiger partial charge in [-0.25, -0.2) is 4.98 Å². The van der Waals surface area contributed by atoms with E-state index in [1.807, 2.05) is 20.0 Å². The molecule has 0 radical (unpaired) electrons. The molecule has 1 saturated heterocycles. The summed E-state index contributed by atoms with van der Waals surface area (Å²) in [6.45, 7) is 6.07. The van der Waals surface area contributed by atoms with Crippen LogP contribution >= 0.6 is 0 Å². The maximum atomic E-state index is 9.31. The van der Waals surface area contributed by atoms with E-state index in [0.29, 0.717) is 55.3 Å². The molecular weight excluding hydrogens is 414 g/mol. The molecule has 2 atom stereocenters. The zero-order valence-electron chi connectivity index (χ0n) is 18.6. The maximum Gasteiger partial charge on any atom is 0.257 e. The highest BCUT2D eigenvalue weighted by Crippen LogP contribution is 2.31. The predicted octanol–water partition coefficient (Wildman–Crippen LogP) is 2.50. The molecule has 0 aromatic carbocycles. The summed E-state index contributed by atoms with van der Waals surface area (Å²) in [5.74, 6) is 0.816. The minimum Gasteiger partial charge on any atom is -0.467 e. The molecule has 11 nitrogen and oxygen atoms in total. The van der Waals surface area contributed by atoms with E-state index in [0.717, 1.165) is 11.1 Å². The predicted molar refractivity (Wildman–Crippen MR) is 116 cm³/mol. The van der Waals surface area contributed by atoms with Crippen molar-refractivity contribution in [3.8, 4) is 11.9 Å². The summed E-state index contributed by atoms with van der Waals surface area (Å²) < 4.78 is 23.6. The van der Waals surface area contributed by atoms with Gasteiger partial charge in [-0.05, 0) is 13.0 Å². The molecule has 0 bridgehead atoms. The van der Waals surface area contributed by atoms with Crippen molar-refractivity contribution in [3.63, 3.8) is 0 Å². The Hall–Kier alpha value is -3.20. The molecule has 2 N–H and O–H groups in total. The number of H-pyrrole nitrogens is 1. The van der Waals surface area contributed by atoms with Crippen LogP contribution in [0.4, 0.5) is 11.6 Å². The third-order valence-corrected chi connectivity index (χ3v) is 5.21. The topological polar surface area (TPSA) is 132 Å². The molecule has 1 unspecified atom stereocenters. The van der Waals surface area contributed by atoms with Crippen LogP contribution in [0.15, 0.2) is 12.3 Å². The number of hydrogen-bond acceptors (Lipinski definition) is 9. The van der Waals surface area contributed by atoms with Crippen molar-refractivity contribution in [1.29, 1.82) is 5.26 Å². The van der Waals surface area contributed by atoms with E-state index in [-0.39, 0.29) is 18.1 Å². The van der Waals surface area contributed by atoms with E-state index < -0.39 is 0 Å². The van der Waals surface area contributed by atoms with Crippen molar-refractivity contribution in [1.82, 2.24) is 24.7 Å². The zero-order chi connectivity index (χ0) is 22.7. The minimum absolute atomic E-state index is 0.000636. The van der Waals surface area contributed by atoms with Gasteiger partial charge >= 0.3 is 0 Å². The Bertz CT molecular complexity index is 1120. The number of nitrogens with one attached hydrogen (secondary N) is 2. The second kappa shape index (κ2) is 9.52. The fourth-order valence-corrected chi connectivity index (χ4v) is 3.50. The Balaban J connectivity index is 1.70. The Kier molecular flexibility index (Phi) is 6.55. The molecule has 1 fully saturated rings. The highest BCUT2D eigenvalue weighted by molar-refractivity contribution is 5.82. The zero-order valence-corrected chi connectivity index (χ0v) is 18.6. The van der Waals surface area contributed by atoms with Crippen LogP contribution in [-0.4, -0.2) is 71.5 Å². The lowest BCUT2D eigenvalue weighted by molar-refractivity contribution is -0.0813. The largest absolute Gasteiger partial charge is 0.467 e. The van der Waals surface area contributed by atoms with Gasteiger partial charge in [0, 0.05) is 25.5 Å². The number of methoxy groups -OCH3 is 2. The summed E-state index contributed by atoms with van der Waals surface area (Å²) in [5, 5.41) is 17.9. The molecule has 170 valence electrons. The Labute approximate surface area is 185 Å². The third-order valence-electron chi connectivity index (χ3n) is 5.21. The number of nitrogens with zero attached hydrogens (tertiary/aromatic N) is 5. The number of aromatic nitrogens is 5. The molecule has 1 aliphatic rings. The van der Waals surface area contributed by atoms with Gasteiger partial charge in [-0.1, -0.05) is 6.92 Å². The first-order valence-corrected chi connectivity index (χ1v) is 10.4. The number of fused-ring (bicyclic) bond motifs is 1. The number of aromatic amines is 1. The van der Waals surface area contributed by atoms with Gasteiger partial charge in [0.1, 0.15) is 29.2 Å². The maximum absolute atomic E-state index is 9.31. The first-order chi connectivity index (χ1) is 15.5. The second-order valence-electron chi connectivity index (χ2n) is 7.88. The van der Waals surface area contributed by atoms with Gasteiger partial charge in [-0.15, -0.1) is 5.10 Å². The van der Waals surface area contributed by atoms with Gasteiger partial charge in [-0.3, -0.25) is 4.68 Å². The molecule has 32 heavy (non-hydrogen) atoms. The Morgan fingerprint density at radius 2 is 2.06 bits per heavy atom. The van der Waals surface area contributed by atoms with Gasteiger partial charge in [0.05, 0.1) is 44.4 Å². The first-order valence-electron chi connectivity index (χ1n) is 10.4. The van der Waals surface area contributed by atoms with Crippen molar-refractivity contribution in [2.24, 2.45) is 0 Å². The summed E-state index contributed by atoms with van der Waals surface area (Å²) in [6, 6.07) is 3.89. The molecular formula is C21H27N7O4. The summed E-state index contributed by atoms with van der Waals surface area (Å²) in [6.07, 6.45) is 1.80. The highest BCUT2D eigenvalue weighted by atomic mass is 16.6. The van der Waals surface area contributed by atoms with E-state index in [1.165, 1.54) is 0 Å². The van der Waals surface area contributed by atoms with Crippen LogP contribution in [0.2, 0.25) is 0 Å². The van der Waals surface area contributed by atoms with E-state index >= 15 is 0 Å². The van der Waals surface area contributed by atoms with Crippen LogP contribution in [-0.2, 0) is 14.2 Å². The molecule has 0 saturated carbocycles. The minimum atomic E-state index is -0.0427. The molecule has 3 aromatic rings. The average Bonchev–Trinajstić information content (AvgIpc) is 3.34. The lowest BCUT2D eigenvalue weighted by Gasteiger charge is -2.26. The normalized spacial score (nSPS) is 15.8. The van der Waals surface area contributed by atoms with Crippen molar-refractivity contribution in [2.45, 2.75) is 31.9 Å². The highest BCUT2D eigenvalue weighted by Gasteiger charge is 2.25. The van der Waals surface area contributed by atoms with Crippen LogP contribution in [0.25, 0.3) is 11.0 Å². The summed E-state index contributed by atoms with van der Waals surface area (Å²) >= 11 is 0. The Morgan fingerprint density at radius 1 is 1.28 bits per heavy atom. The molecule has 4 rings (SSSR count). The van der Waals surface area contributed by atoms with Gasteiger partial charge in [0.2, 0.25) is 5.95 Å². The van der Waals surface area contributed by atoms with Crippen LogP contribution in [0.1, 0.15) is 37.2 Å². The SMILES string of the molecule is COCC(C)n1cc(Nc2nc([C@H](C)COC)c3cc(C#N)[nH]c3n2)c(OC2COC2)n1. The van der Waals surface area contributed by atoms with E-state index in [9.17, 15) is 5.26 Å². The molecule has 1 aliphatic heterocycles. The monoisotopic (exact) mass is 441 g/mol. The molecule has 4 heterocycles. The smallest absolute Gasteiger partial charge is 0.257 e. The summed E-state index contributed by atoms with van der Waals surface area (Å²) in [7, 11) is 3.30. The van der Waals surface area contributed by atoms with E-state index in [2.05, 4.69) is 26.5 Å². The van der Waals surface area contributed by atoms with E-state index in [4.69, 9.17) is 23.9 Å². The number of hydrogen-bond donors (Lipinski definition) is 2. The average molecular weight is 441 g/mol. The molecule has 3 aromatic heterocycles. The van der Waals surface area contributed by atoms with Gasteiger partial charge < -0.3 is 29.2 Å². The van der Waals surface area contributed by atoms with Gasteiger partial charge in [0.25, 0.3) is 5.88 Å². The number of nitriles is 1. The fourth-order valence-electron chi connectivity index (χ4n) is 3.50. The molecule has 11 heteroatoms. The van der Waals surface area contributed by atoms with Gasteiger partial charge in [0.15, 0.2) is 0 Å².